The molecule has 0 atom stereocenters. The van der Waals surface area contributed by atoms with Gasteiger partial charge >= 0.3 is 0 Å². The predicted molar refractivity (Wildman–Crippen MR) is 81.9 cm³/mol. The van der Waals surface area contributed by atoms with E-state index in [4.69, 9.17) is 4.98 Å². The highest BCUT2D eigenvalue weighted by atomic mass is 15.2. The van der Waals surface area contributed by atoms with Gasteiger partial charge in [-0.05, 0) is 74.5 Å². The Labute approximate surface area is 127 Å². The third-order valence-corrected chi connectivity index (χ3v) is 6.98. The minimum atomic E-state index is 0.585. The first-order chi connectivity index (χ1) is 10.3. The van der Waals surface area contributed by atoms with Crippen LogP contribution in [0, 0.1) is 23.2 Å². The van der Waals surface area contributed by atoms with Gasteiger partial charge in [0.2, 0.25) is 0 Å². The normalized spacial score (nSPS) is 42.0. The van der Waals surface area contributed by atoms with Crippen LogP contribution >= 0.6 is 0 Å². The number of aromatic amines is 1. The van der Waals surface area contributed by atoms with E-state index >= 15 is 0 Å². The fourth-order valence-corrected chi connectivity index (χ4v) is 6.62. The van der Waals surface area contributed by atoms with E-state index in [0.29, 0.717) is 11.3 Å². The first kappa shape index (κ1) is 12.7. The second-order valence-corrected chi connectivity index (χ2v) is 8.72. The van der Waals surface area contributed by atoms with Crippen molar-refractivity contribution in [2.45, 2.75) is 76.5 Å². The van der Waals surface area contributed by atoms with Crippen molar-refractivity contribution in [1.82, 2.24) is 15.2 Å². The molecule has 0 aliphatic heterocycles. The highest BCUT2D eigenvalue weighted by Gasteiger charge is 2.51. The predicted octanol–water partition coefficient (Wildman–Crippen LogP) is 4.22. The molecule has 1 aromatic heterocycles. The monoisotopic (exact) mass is 285 g/mol. The van der Waals surface area contributed by atoms with E-state index in [1.807, 2.05) is 0 Å². The Kier molecular flexibility index (Phi) is 2.75. The van der Waals surface area contributed by atoms with E-state index in [1.54, 1.807) is 0 Å². The number of hydrogen-bond acceptors (Lipinski definition) is 2. The van der Waals surface area contributed by atoms with E-state index in [-0.39, 0.29) is 0 Å². The van der Waals surface area contributed by atoms with E-state index < -0.39 is 0 Å². The summed E-state index contributed by atoms with van der Waals surface area (Å²) in [7, 11) is 0. The van der Waals surface area contributed by atoms with Gasteiger partial charge in [-0.15, -0.1) is 0 Å². The van der Waals surface area contributed by atoms with Crippen molar-refractivity contribution in [2.24, 2.45) is 23.2 Å². The maximum absolute atomic E-state index is 4.90. The van der Waals surface area contributed by atoms with Gasteiger partial charge in [-0.1, -0.05) is 12.8 Å². The Morgan fingerprint density at radius 3 is 2.19 bits per heavy atom. The smallest absolute Gasteiger partial charge is 0.153 e. The van der Waals surface area contributed by atoms with Gasteiger partial charge in [0.15, 0.2) is 5.82 Å². The first-order valence-electron chi connectivity index (χ1n) is 9.19. The highest BCUT2D eigenvalue weighted by Crippen LogP contribution is 2.60. The van der Waals surface area contributed by atoms with Crippen LogP contribution in [-0.4, -0.2) is 15.2 Å². The highest BCUT2D eigenvalue weighted by molar-refractivity contribution is 5.07. The summed E-state index contributed by atoms with van der Waals surface area (Å²) in [5, 5.41) is 7.86. The van der Waals surface area contributed by atoms with E-state index in [1.165, 1.54) is 76.5 Å². The number of aromatic nitrogens is 3. The third kappa shape index (κ3) is 2.15. The summed E-state index contributed by atoms with van der Waals surface area (Å²) >= 11 is 0. The van der Waals surface area contributed by atoms with Gasteiger partial charge in [-0.2, -0.15) is 5.10 Å². The summed E-state index contributed by atoms with van der Waals surface area (Å²) in [5.41, 5.74) is 0.585. The maximum atomic E-state index is 4.90. The molecule has 1 heterocycles. The average Bonchev–Trinajstić information content (AvgIpc) is 3.06. The van der Waals surface area contributed by atoms with Crippen LogP contribution in [0.1, 0.15) is 81.8 Å². The molecule has 3 heteroatoms. The number of H-pyrrole nitrogens is 1. The summed E-state index contributed by atoms with van der Waals surface area (Å²) < 4.78 is 0. The molecule has 5 fully saturated rings. The molecule has 0 saturated heterocycles. The fraction of sp³-hybridized carbons (Fsp3) is 0.889. The standard InChI is InChI=1S/C18H27N3/c1-2-4-15(3-1)17-19-16(20-21-17)11-18-8-12-5-13(9-18)7-14(6-12)10-18/h12-15H,1-11H2,(H,19,20,21). The molecule has 6 rings (SSSR count). The number of hydrogen-bond donors (Lipinski definition) is 1. The number of nitrogens with one attached hydrogen (secondary N) is 1. The minimum absolute atomic E-state index is 0.585. The quantitative estimate of drug-likeness (QED) is 0.903. The van der Waals surface area contributed by atoms with E-state index in [2.05, 4.69) is 10.2 Å². The van der Waals surface area contributed by atoms with Crippen molar-refractivity contribution in [3.63, 3.8) is 0 Å². The van der Waals surface area contributed by atoms with Gasteiger partial charge in [0.1, 0.15) is 5.82 Å². The molecule has 0 unspecified atom stereocenters. The van der Waals surface area contributed by atoms with Crippen LogP contribution in [0.3, 0.4) is 0 Å². The van der Waals surface area contributed by atoms with Crippen LogP contribution in [0.2, 0.25) is 0 Å². The molecule has 0 spiro atoms. The van der Waals surface area contributed by atoms with Crippen LogP contribution in [0.5, 0.6) is 0 Å². The number of nitrogens with zero attached hydrogens (tertiary/aromatic N) is 2. The molecule has 3 nitrogen and oxygen atoms in total. The molecular formula is C18H27N3. The summed E-state index contributed by atoms with van der Waals surface area (Å²) in [4.78, 5) is 4.90. The van der Waals surface area contributed by atoms with Crippen molar-refractivity contribution in [3.05, 3.63) is 11.6 Å². The summed E-state index contributed by atoms with van der Waals surface area (Å²) in [6, 6.07) is 0. The Bertz CT molecular complexity index is 491. The summed E-state index contributed by atoms with van der Waals surface area (Å²) in [6.45, 7) is 0. The second-order valence-electron chi connectivity index (χ2n) is 8.72. The molecule has 5 aliphatic rings. The van der Waals surface area contributed by atoms with Gasteiger partial charge in [-0.3, -0.25) is 5.10 Å². The Morgan fingerprint density at radius 2 is 1.57 bits per heavy atom. The SMILES string of the molecule is C1CCC(c2n[nH]c(CC34CC5CC(CC(C5)C3)C4)n2)C1. The fourth-order valence-electron chi connectivity index (χ4n) is 6.62. The molecule has 0 radical (unpaired) electrons. The van der Waals surface area contributed by atoms with Crippen LogP contribution < -0.4 is 0 Å². The lowest BCUT2D eigenvalue weighted by Gasteiger charge is -2.56. The topological polar surface area (TPSA) is 41.6 Å². The van der Waals surface area contributed by atoms with Crippen LogP contribution in [0.4, 0.5) is 0 Å². The van der Waals surface area contributed by atoms with Gasteiger partial charge in [0.05, 0.1) is 0 Å². The molecule has 0 aromatic carbocycles. The first-order valence-corrected chi connectivity index (χ1v) is 9.19. The molecule has 21 heavy (non-hydrogen) atoms. The lowest BCUT2D eigenvalue weighted by atomic mass is 9.49. The van der Waals surface area contributed by atoms with Crippen LogP contribution in [0.15, 0.2) is 0 Å². The zero-order valence-corrected chi connectivity index (χ0v) is 13.0. The van der Waals surface area contributed by atoms with Crippen molar-refractivity contribution in [2.75, 3.05) is 0 Å². The molecule has 1 N–H and O–H groups in total. The zero-order valence-electron chi connectivity index (χ0n) is 13.0. The van der Waals surface area contributed by atoms with Crippen LogP contribution in [0.25, 0.3) is 0 Å². The lowest BCUT2D eigenvalue weighted by molar-refractivity contribution is -0.0531. The zero-order chi connectivity index (χ0) is 13.9. The molecule has 0 amide bonds. The third-order valence-electron chi connectivity index (χ3n) is 6.98. The summed E-state index contributed by atoms with van der Waals surface area (Å²) in [5.74, 6) is 6.06. The van der Waals surface area contributed by atoms with Gasteiger partial charge in [0, 0.05) is 12.3 Å². The van der Waals surface area contributed by atoms with Crippen molar-refractivity contribution >= 4 is 0 Å². The Balaban J connectivity index is 1.35. The molecule has 4 bridgehead atoms. The molecular weight excluding hydrogens is 258 g/mol. The van der Waals surface area contributed by atoms with Crippen LogP contribution in [-0.2, 0) is 6.42 Å². The van der Waals surface area contributed by atoms with Crippen molar-refractivity contribution < 1.29 is 0 Å². The van der Waals surface area contributed by atoms with Gasteiger partial charge < -0.3 is 0 Å². The van der Waals surface area contributed by atoms with Crippen molar-refractivity contribution in [3.8, 4) is 0 Å². The summed E-state index contributed by atoms with van der Waals surface area (Å²) in [6.07, 6.45) is 15.5. The number of rotatable bonds is 3. The second kappa shape index (κ2) is 4.57. The molecule has 5 aliphatic carbocycles. The van der Waals surface area contributed by atoms with E-state index in [0.717, 1.165) is 23.6 Å². The molecule has 1 aromatic rings. The maximum Gasteiger partial charge on any atom is 0.153 e. The minimum Gasteiger partial charge on any atom is -0.263 e. The van der Waals surface area contributed by atoms with Gasteiger partial charge in [0.25, 0.3) is 0 Å². The van der Waals surface area contributed by atoms with E-state index in [9.17, 15) is 0 Å². The Morgan fingerprint density at radius 1 is 0.952 bits per heavy atom. The van der Waals surface area contributed by atoms with Crippen molar-refractivity contribution in [1.29, 1.82) is 0 Å². The van der Waals surface area contributed by atoms with Gasteiger partial charge in [-0.25, -0.2) is 4.98 Å². The Hall–Kier alpha value is -0.860. The average molecular weight is 285 g/mol. The molecule has 114 valence electrons. The largest absolute Gasteiger partial charge is 0.263 e. The lowest BCUT2D eigenvalue weighted by Crippen LogP contribution is -2.47. The molecule has 5 saturated carbocycles.